The first kappa shape index (κ1) is 22.7. The van der Waals surface area contributed by atoms with Gasteiger partial charge in [0.15, 0.2) is 11.2 Å². The van der Waals surface area contributed by atoms with Gasteiger partial charge in [0.2, 0.25) is 0 Å². The standard InChI is InChI=1S/C21H17Cl2N3O4S/c1-12(19(28)26-21-25-17(11-31-21)13-5-3-2-4-6-13)30-18(27)10-24-20(29)15-8-7-14(22)9-16(15)23/h2-9,11-12H,10H2,1H3,(H,24,29)(H,25,26,28)/t12-/m1/s1. The monoisotopic (exact) mass is 477 g/mol. The van der Waals surface area contributed by atoms with Crippen molar-refractivity contribution in [1.82, 2.24) is 10.3 Å². The van der Waals surface area contributed by atoms with Gasteiger partial charge in [0.05, 0.1) is 16.3 Å². The number of hydrogen-bond donors (Lipinski definition) is 2. The van der Waals surface area contributed by atoms with Crippen molar-refractivity contribution in [2.24, 2.45) is 0 Å². The van der Waals surface area contributed by atoms with Gasteiger partial charge in [0.25, 0.3) is 11.8 Å². The number of benzene rings is 2. The van der Waals surface area contributed by atoms with Crippen LogP contribution in [0.15, 0.2) is 53.9 Å². The van der Waals surface area contributed by atoms with Crippen LogP contribution in [0.4, 0.5) is 5.13 Å². The maximum absolute atomic E-state index is 12.3. The Morgan fingerprint density at radius 2 is 1.87 bits per heavy atom. The van der Waals surface area contributed by atoms with Crippen LogP contribution in [0.1, 0.15) is 17.3 Å². The van der Waals surface area contributed by atoms with E-state index in [1.165, 1.54) is 36.5 Å². The molecule has 0 aliphatic heterocycles. The summed E-state index contributed by atoms with van der Waals surface area (Å²) in [6.45, 7) is 1.00. The van der Waals surface area contributed by atoms with Crippen molar-refractivity contribution in [3.05, 3.63) is 69.5 Å². The normalized spacial score (nSPS) is 11.5. The summed E-state index contributed by atoms with van der Waals surface area (Å²) < 4.78 is 5.07. The number of aromatic nitrogens is 1. The molecule has 1 heterocycles. The molecule has 0 bridgehead atoms. The minimum atomic E-state index is -1.08. The lowest BCUT2D eigenvalue weighted by Crippen LogP contribution is -2.35. The molecule has 10 heteroatoms. The van der Waals surface area contributed by atoms with Crippen molar-refractivity contribution in [2.75, 3.05) is 11.9 Å². The molecule has 3 aromatic rings. The summed E-state index contributed by atoms with van der Waals surface area (Å²) in [4.78, 5) is 40.8. The van der Waals surface area contributed by atoms with Crippen molar-refractivity contribution >= 4 is 57.5 Å². The molecule has 0 saturated carbocycles. The van der Waals surface area contributed by atoms with Crippen LogP contribution in [-0.2, 0) is 14.3 Å². The van der Waals surface area contributed by atoms with E-state index in [-0.39, 0.29) is 10.6 Å². The van der Waals surface area contributed by atoms with Crippen LogP contribution in [0.5, 0.6) is 0 Å². The highest BCUT2D eigenvalue weighted by atomic mass is 35.5. The maximum Gasteiger partial charge on any atom is 0.326 e. The van der Waals surface area contributed by atoms with Crippen molar-refractivity contribution in [3.8, 4) is 11.3 Å². The fourth-order valence-electron chi connectivity index (χ4n) is 2.49. The van der Waals surface area contributed by atoms with E-state index in [2.05, 4.69) is 15.6 Å². The molecule has 0 fully saturated rings. The molecule has 0 unspecified atom stereocenters. The molecule has 0 spiro atoms. The Kier molecular flexibility index (Phi) is 7.62. The summed E-state index contributed by atoms with van der Waals surface area (Å²) in [7, 11) is 0. The Balaban J connectivity index is 1.48. The SMILES string of the molecule is C[C@@H](OC(=O)CNC(=O)c1ccc(Cl)cc1Cl)C(=O)Nc1nc(-c2ccccc2)cs1. The lowest BCUT2D eigenvalue weighted by Gasteiger charge is -2.13. The van der Waals surface area contributed by atoms with E-state index >= 15 is 0 Å². The molecule has 0 saturated heterocycles. The largest absolute Gasteiger partial charge is 0.451 e. The van der Waals surface area contributed by atoms with Crippen LogP contribution >= 0.6 is 34.5 Å². The van der Waals surface area contributed by atoms with E-state index in [1.54, 1.807) is 0 Å². The number of ether oxygens (including phenoxy) is 1. The van der Waals surface area contributed by atoms with Gasteiger partial charge in [-0.15, -0.1) is 11.3 Å². The number of anilines is 1. The molecule has 0 aliphatic carbocycles. The van der Waals surface area contributed by atoms with Gasteiger partial charge in [-0.25, -0.2) is 4.98 Å². The van der Waals surface area contributed by atoms with Crippen LogP contribution in [0.25, 0.3) is 11.3 Å². The van der Waals surface area contributed by atoms with Crippen molar-refractivity contribution < 1.29 is 19.1 Å². The van der Waals surface area contributed by atoms with Gasteiger partial charge in [0, 0.05) is 16.0 Å². The van der Waals surface area contributed by atoms with Crippen LogP contribution in [-0.4, -0.2) is 35.4 Å². The maximum atomic E-state index is 12.3. The fraction of sp³-hybridized carbons (Fsp3) is 0.143. The highest BCUT2D eigenvalue weighted by molar-refractivity contribution is 7.14. The van der Waals surface area contributed by atoms with Gasteiger partial charge >= 0.3 is 5.97 Å². The Morgan fingerprint density at radius 3 is 2.58 bits per heavy atom. The first-order valence-corrected chi connectivity index (χ1v) is 10.7. The molecule has 7 nitrogen and oxygen atoms in total. The molecule has 2 aromatic carbocycles. The quantitative estimate of drug-likeness (QED) is 0.490. The van der Waals surface area contributed by atoms with E-state index in [0.717, 1.165) is 11.3 Å². The number of carbonyl (C=O) groups excluding carboxylic acids is 3. The summed E-state index contributed by atoms with van der Waals surface area (Å²) in [5, 5.41) is 7.75. The number of hydrogen-bond acceptors (Lipinski definition) is 6. The third-order valence-electron chi connectivity index (χ3n) is 4.05. The first-order chi connectivity index (χ1) is 14.8. The smallest absolute Gasteiger partial charge is 0.326 e. The minimum Gasteiger partial charge on any atom is -0.451 e. The van der Waals surface area contributed by atoms with E-state index in [0.29, 0.717) is 10.2 Å². The topological polar surface area (TPSA) is 97.4 Å². The summed E-state index contributed by atoms with van der Waals surface area (Å²) in [5.41, 5.74) is 1.83. The summed E-state index contributed by atoms with van der Waals surface area (Å²) in [6.07, 6.45) is -1.08. The van der Waals surface area contributed by atoms with E-state index < -0.39 is 30.4 Å². The fourth-order valence-corrected chi connectivity index (χ4v) is 3.71. The molecule has 3 rings (SSSR count). The Morgan fingerprint density at radius 1 is 1.13 bits per heavy atom. The lowest BCUT2D eigenvalue weighted by molar-refractivity contribution is -0.152. The van der Waals surface area contributed by atoms with Gasteiger partial charge in [-0.2, -0.15) is 0 Å². The number of amides is 2. The van der Waals surface area contributed by atoms with E-state index in [9.17, 15) is 14.4 Å². The lowest BCUT2D eigenvalue weighted by atomic mass is 10.2. The van der Waals surface area contributed by atoms with Crippen molar-refractivity contribution in [2.45, 2.75) is 13.0 Å². The molecule has 1 atom stereocenters. The highest BCUT2D eigenvalue weighted by Gasteiger charge is 2.20. The van der Waals surface area contributed by atoms with Gasteiger partial charge in [-0.1, -0.05) is 53.5 Å². The zero-order valence-electron chi connectivity index (χ0n) is 16.2. The van der Waals surface area contributed by atoms with Gasteiger partial charge in [0.1, 0.15) is 6.54 Å². The number of nitrogens with zero attached hydrogens (tertiary/aromatic N) is 1. The Hall–Kier alpha value is -2.94. The third-order valence-corrected chi connectivity index (χ3v) is 5.36. The minimum absolute atomic E-state index is 0.157. The second-order valence-corrected chi connectivity index (χ2v) is 8.03. The number of halogens is 2. The van der Waals surface area contributed by atoms with E-state index in [1.807, 2.05) is 35.7 Å². The summed E-state index contributed by atoms with van der Waals surface area (Å²) in [5.74, 6) is -1.87. The van der Waals surface area contributed by atoms with Crippen LogP contribution in [0.2, 0.25) is 10.0 Å². The van der Waals surface area contributed by atoms with Crippen LogP contribution in [0, 0.1) is 0 Å². The number of carbonyl (C=O) groups is 3. The Labute approximate surface area is 192 Å². The molecule has 0 radical (unpaired) electrons. The number of rotatable bonds is 7. The van der Waals surface area contributed by atoms with Gasteiger partial charge in [-0.3, -0.25) is 19.7 Å². The summed E-state index contributed by atoms with van der Waals surface area (Å²) >= 11 is 13.0. The Bertz CT molecular complexity index is 1110. The zero-order chi connectivity index (χ0) is 22.4. The first-order valence-electron chi connectivity index (χ1n) is 9.08. The number of esters is 1. The van der Waals surface area contributed by atoms with Crippen LogP contribution in [0.3, 0.4) is 0 Å². The average Bonchev–Trinajstić information content (AvgIpc) is 3.21. The predicted octanol–water partition coefficient (Wildman–Crippen LogP) is 4.42. The third kappa shape index (κ3) is 6.27. The molecule has 160 valence electrons. The number of nitrogens with one attached hydrogen (secondary N) is 2. The highest BCUT2D eigenvalue weighted by Crippen LogP contribution is 2.24. The predicted molar refractivity (Wildman–Crippen MR) is 121 cm³/mol. The molecule has 1 aromatic heterocycles. The molecule has 0 aliphatic rings. The molecule has 31 heavy (non-hydrogen) atoms. The molecule has 2 amide bonds. The van der Waals surface area contributed by atoms with Crippen molar-refractivity contribution in [1.29, 1.82) is 0 Å². The second kappa shape index (κ2) is 10.4. The number of thiazole rings is 1. The molecular formula is C21H17Cl2N3O4S. The van der Waals surface area contributed by atoms with Gasteiger partial charge in [-0.05, 0) is 25.1 Å². The zero-order valence-corrected chi connectivity index (χ0v) is 18.6. The second-order valence-electron chi connectivity index (χ2n) is 6.33. The molecule has 2 N–H and O–H groups in total. The van der Waals surface area contributed by atoms with Gasteiger partial charge < -0.3 is 10.1 Å². The van der Waals surface area contributed by atoms with Crippen molar-refractivity contribution in [3.63, 3.8) is 0 Å². The average molecular weight is 478 g/mol. The summed E-state index contributed by atoms with van der Waals surface area (Å²) in [6, 6.07) is 13.9. The van der Waals surface area contributed by atoms with Crippen LogP contribution < -0.4 is 10.6 Å². The van der Waals surface area contributed by atoms with E-state index in [4.69, 9.17) is 27.9 Å². The molecular weight excluding hydrogens is 461 g/mol.